The maximum atomic E-state index is 6.34. The van der Waals surface area contributed by atoms with E-state index in [1.54, 1.807) is 0 Å². The molecule has 0 amide bonds. The average Bonchev–Trinajstić information content (AvgIpc) is 2.22. The highest BCUT2D eigenvalue weighted by atomic mass is 32.2. The fourth-order valence-corrected chi connectivity index (χ4v) is 3.61. The smallest absolute Gasteiger partial charge is 0.0392 e. The van der Waals surface area contributed by atoms with Crippen LogP contribution in [0, 0.1) is 26.7 Å². The first kappa shape index (κ1) is 15.6. The molecule has 0 radical (unpaired) electrons. The first-order chi connectivity index (χ1) is 8.41. The molecule has 1 rings (SSSR count). The summed E-state index contributed by atoms with van der Waals surface area (Å²) in [5.41, 5.74) is 11.7. The molecule has 0 fully saturated rings. The van der Waals surface area contributed by atoms with Crippen molar-refractivity contribution in [1.29, 1.82) is 0 Å². The van der Waals surface area contributed by atoms with Gasteiger partial charge in [-0.05, 0) is 55.6 Å². The summed E-state index contributed by atoms with van der Waals surface area (Å²) >= 11 is 1.98. The largest absolute Gasteiger partial charge is 0.323 e. The Hall–Kier alpha value is -0.470. The Kier molecular flexibility index (Phi) is 6.24. The molecule has 0 saturated heterocycles. The summed E-state index contributed by atoms with van der Waals surface area (Å²) in [7, 11) is 0. The van der Waals surface area contributed by atoms with Gasteiger partial charge in [0, 0.05) is 11.8 Å². The van der Waals surface area contributed by atoms with E-state index in [0.29, 0.717) is 0 Å². The summed E-state index contributed by atoms with van der Waals surface area (Å²) in [5, 5.41) is 0. The average molecular weight is 265 g/mol. The Morgan fingerprint density at radius 1 is 1.11 bits per heavy atom. The van der Waals surface area contributed by atoms with E-state index in [2.05, 4.69) is 46.8 Å². The van der Waals surface area contributed by atoms with Gasteiger partial charge in [0.2, 0.25) is 0 Å². The minimum absolute atomic E-state index is 0.169. The van der Waals surface area contributed by atoms with Gasteiger partial charge in [0.1, 0.15) is 0 Å². The minimum atomic E-state index is 0.169. The monoisotopic (exact) mass is 265 g/mol. The van der Waals surface area contributed by atoms with Crippen molar-refractivity contribution in [3.8, 4) is 0 Å². The molecule has 0 spiro atoms. The fourth-order valence-electron chi connectivity index (χ4n) is 2.39. The van der Waals surface area contributed by atoms with Crippen LogP contribution in [0.25, 0.3) is 0 Å². The molecule has 0 aliphatic carbocycles. The van der Waals surface area contributed by atoms with E-state index >= 15 is 0 Å². The lowest BCUT2D eigenvalue weighted by Crippen LogP contribution is -2.16. The van der Waals surface area contributed by atoms with Crippen molar-refractivity contribution in [1.82, 2.24) is 0 Å². The molecule has 0 aliphatic heterocycles. The van der Waals surface area contributed by atoms with Crippen LogP contribution in [0.2, 0.25) is 0 Å². The van der Waals surface area contributed by atoms with Crippen LogP contribution in [-0.2, 0) is 0 Å². The summed E-state index contributed by atoms with van der Waals surface area (Å²) in [6, 6.07) is 4.64. The second-order valence-electron chi connectivity index (χ2n) is 5.68. The Morgan fingerprint density at radius 3 is 2.17 bits per heavy atom. The predicted octanol–water partition coefficient (Wildman–Crippen LogP) is 4.39. The molecule has 102 valence electrons. The van der Waals surface area contributed by atoms with E-state index < -0.39 is 0 Å². The summed E-state index contributed by atoms with van der Waals surface area (Å²) < 4.78 is 0. The van der Waals surface area contributed by atoms with Crippen molar-refractivity contribution >= 4 is 11.8 Å². The van der Waals surface area contributed by atoms with Gasteiger partial charge >= 0.3 is 0 Å². The second kappa shape index (κ2) is 7.20. The number of rotatable bonds is 6. The normalized spacial score (nSPS) is 13.1. The maximum absolute atomic E-state index is 6.34. The molecule has 2 heteroatoms. The zero-order valence-electron chi connectivity index (χ0n) is 12.4. The number of thioether (sulfide) groups is 1. The molecular weight excluding hydrogens is 238 g/mol. The van der Waals surface area contributed by atoms with E-state index in [1.165, 1.54) is 34.4 Å². The van der Waals surface area contributed by atoms with Crippen molar-refractivity contribution in [2.75, 3.05) is 11.5 Å². The Labute approximate surface area is 117 Å². The lowest BCUT2D eigenvalue weighted by Gasteiger charge is -2.18. The third kappa shape index (κ3) is 4.66. The van der Waals surface area contributed by atoms with Crippen LogP contribution in [0.3, 0.4) is 0 Å². The van der Waals surface area contributed by atoms with Crippen LogP contribution in [0.1, 0.15) is 48.6 Å². The van der Waals surface area contributed by atoms with Crippen molar-refractivity contribution < 1.29 is 0 Å². The van der Waals surface area contributed by atoms with Crippen LogP contribution < -0.4 is 5.73 Å². The first-order valence-corrected chi connectivity index (χ1v) is 7.98. The molecule has 0 saturated carbocycles. The molecular formula is C16H27NS. The van der Waals surface area contributed by atoms with Crippen LogP contribution >= 0.6 is 11.8 Å². The third-order valence-corrected chi connectivity index (χ3v) is 4.36. The van der Waals surface area contributed by atoms with E-state index in [1.807, 2.05) is 11.8 Å². The van der Waals surface area contributed by atoms with E-state index in [4.69, 9.17) is 5.73 Å². The van der Waals surface area contributed by atoms with Crippen molar-refractivity contribution in [3.63, 3.8) is 0 Å². The highest BCUT2D eigenvalue weighted by Crippen LogP contribution is 2.25. The van der Waals surface area contributed by atoms with Crippen LogP contribution in [-0.4, -0.2) is 11.5 Å². The Morgan fingerprint density at radius 2 is 1.67 bits per heavy atom. The van der Waals surface area contributed by atoms with Gasteiger partial charge in [-0.2, -0.15) is 11.8 Å². The van der Waals surface area contributed by atoms with E-state index in [0.717, 1.165) is 11.7 Å². The standard InChI is InChI=1S/C16H27NS/c1-11(2)6-7-18-10-15(17)16-13(4)8-12(3)9-14(16)5/h8-9,11,15H,6-7,10,17H2,1-5H3. The van der Waals surface area contributed by atoms with Gasteiger partial charge in [-0.15, -0.1) is 0 Å². The van der Waals surface area contributed by atoms with Gasteiger partial charge in [0.05, 0.1) is 0 Å². The fraction of sp³-hybridized carbons (Fsp3) is 0.625. The molecule has 18 heavy (non-hydrogen) atoms. The molecule has 0 aliphatic rings. The molecule has 0 heterocycles. The van der Waals surface area contributed by atoms with Crippen LogP contribution in [0.4, 0.5) is 0 Å². The zero-order chi connectivity index (χ0) is 13.7. The van der Waals surface area contributed by atoms with Gasteiger partial charge in [-0.25, -0.2) is 0 Å². The quantitative estimate of drug-likeness (QED) is 0.772. The number of hydrogen-bond donors (Lipinski definition) is 1. The van der Waals surface area contributed by atoms with Crippen molar-refractivity contribution in [2.24, 2.45) is 11.7 Å². The number of aryl methyl sites for hydroxylation is 3. The highest BCUT2D eigenvalue weighted by molar-refractivity contribution is 7.99. The Balaban J connectivity index is 2.59. The molecule has 1 nitrogen and oxygen atoms in total. The number of nitrogens with two attached hydrogens (primary N) is 1. The highest BCUT2D eigenvalue weighted by Gasteiger charge is 2.12. The zero-order valence-corrected chi connectivity index (χ0v) is 13.2. The molecule has 2 N–H and O–H groups in total. The van der Waals surface area contributed by atoms with Crippen molar-refractivity contribution in [2.45, 2.75) is 47.1 Å². The number of benzene rings is 1. The molecule has 0 aromatic heterocycles. The summed E-state index contributed by atoms with van der Waals surface area (Å²) in [4.78, 5) is 0. The maximum Gasteiger partial charge on any atom is 0.0392 e. The predicted molar refractivity (Wildman–Crippen MR) is 84.4 cm³/mol. The van der Waals surface area contributed by atoms with Crippen LogP contribution in [0.5, 0.6) is 0 Å². The lowest BCUT2D eigenvalue weighted by molar-refractivity contribution is 0.631. The van der Waals surface area contributed by atoms with Gasteiger partial charge in [0.25, 0.3) is 0 Å². The summed E-state index contributed by atoms with van der Waals surface area (Å²) in [5.74, 6) is 3.03. The summed E-state index contributed by atoms with van der Waals surface area (Å²) in [6.45, 7) is 11.0. The number of hydrogen-bond acceptors (Lipinski definition) is 2. The third-order valence-electron chi connectivity index (χ3n) is 3.25. The van der Waals surface area contributed by atoms with Gasteiger partial charge in [0.15, 0.2) is 0 Å². The van der Waals surface area contributed by atoms with Gasteiger partial charge < -0.3 is 5.73 Å². The Bertz CT molecular complexity index is 362. The SMILES string of the molecule is Cc1cc(C)c(C(N)CSCCC(C)C)c(C)c1. The van der Waals surface area contributed by atoms with Gasteiger partial charge in [-0.1, -0.05) is 31.5 Å². The second-order valence-corrected chi connectivity index (χ2v) is 6.83. The minimum Gasteiger partial charge on any atom is -0.323 e. The topological polar surface area (TPSA) is 26.0 Å². The van der Waals surface area contributed by atoms with E-state index in [9.17, 15) is 0 Å². The summed E-state index contributed by atoms with van der Waals surface area (Å²) in [6.07, 6.45) is 1.28. The molecule has 1 aromatic rings. The van der Waals surface area contributed by atoms with Crippen LogP contribution in [0.15, 0.2) is 12.1 Å². The molecule has 1 unspecified atom stereocenters. The molecule has 1 atom stereocenters. The van der Waals surface area contributed by atoms with Gasteiger partial charge in [-0.3, -0.25) is 0 Å². The van der Waals surface area contributed by atoms with E-state index in [-0.39, 0.29) is 6.04 Å². The molecule has 1 aromatic carbocycles. The molecule has 0 bridgehead atoms. The van der Waals surface area contributed by atoms with Crippen molar-refractivity contribution in [3.05, 3.63) is 34.4 Å². The lowest BCUT2D eigenvalue weighted by atomic mass is 9.95. The first-order valence-electron chi connectivity index (χ1n) is 6.83.